The van der Waals surface area contributed by atoms with Crippen LogP contribution in [0, 0.1) is 0 Å². The number of pyridine rings is 1. The Hall–Kier alpha value is -2.88. The Kier molecular flexibility index (Phi) is 4.45. The summed E-state index contributed by atoms with van der Waals surface area (Å²) in [5.41, 5.74) is 4.12. The summed E-state index contributed by atoms with van der Waals surface area (Å²) < 4.78 is 4.84. The van der Waals surface area contributed by atoms with Gasteiger partial charge < -0.3 is 10.1 Å². The molecule has 2 aromatic carbocycles. The van der Waals surface area contributed by atoms with Crippen LogP contribution in [-0.2, 0) is 4.74 Å². The minimum absolute atomic E-state index is 0.122. The second kappa shape index (κ2) is 6.55. The Labute approximate surface area is 147 Å². The number of benzene rings is 2. The highest BCUT2D eigenvalue weighted by molar-refractivity contribution is 6.00. The SMILES string of the molecule is COC(=O)c1ccc2nc(-c3ccccc3)cc(NC(C)(C)C)c2c1. The van der Waals surface area contributed by atoms with E-state index in [4.69, 9.17) is 9.72 Å². The zero-order valence-electron chi connectivity index (χ0n) is 15.0. The molecule has 128 valence electrons. The van der Waals surface area contributed by atoms with Crippen LogP contribution in [0.1, 0.15) is 31.1 Å². The molecule has 0 spiro atoms. The number of esters is 1. The van der Waals surface area contributed by atoms with Gasteiger partial charge in [-0.3, -0.25) is 0 Å². The Bertz CT molecular complexity index is 912. The molecule has 1 aromatic heterocycles. The van der Waals surface area contributed by atoms with E-state index in [1.165, 1.54) is 7.11 Å². The number of fused-ring (bicyclic) bond motifs is 1. The van der Waals surface area contributed by atoms with Gasteiger partial charge in [-0.05, 0) is 45.0 Å². The van der Waals surface area contributed by atoms with Crippen LogP contribution in [-0.4, -0.2) is 23.6 Å². The van der Waals surface area contributed by atoms with Gasteiger partial charge in [0.05, 0.1) is 23.9 Å². The molecular weight excluding hydrogens is 312 g/mol. The number of rotatable bonds is 3. The van der Waals surface area contributed by atoms with E-state index in [9.17, 15) is 4.79 Å². The lowest BCUT2D eigenvalue weighted by Crippen LogP contribution is -2.26. The largest absolute Gasteiger partial charge is 0.465 e. The van der Waals surface area contributed by atoms with Crippen molar-refractivity contribution in [3.63, 3.8) is 0 Å². The minimum Gasteiger partial charge on any atom is -0.465 e. The summed E-state index contributed by atoms with van der Waals surface area (Å²) in [7, 11) is 1.39. The van der Waals surface area contributed by atoms with Gasteiger partial charge in [-0.15, -0.1) is 0 Å². The number of aromatic nitrogens is 1. The maximum absolute atomic E-state index is 11.9. The third kappa shape index (κ3) is 3.79. The molecule has 0 aliphatic heterocycles. The van der Waals surface area contributed by atoms with E-state index in [-0.39, 0.29) is 11.5 Å². The van der Waals surface area contributed by atoms with Crippen molar-refractivity contribution < 1.29 is 9.53 Å². The van der Waals surface area contributed by atoms with Gasteiger partial charge >= 0.3 is 5.97 Å². The predicted octanol–water partition coefficient (Wildman–Crippen LogP) is 4.90. The second-order valence-electron chi connectivity index (χ2n) is 7.02. The predicted molar refractivity (Wildman–Crippen MR) is 102 cm³/mol. The molecule has 0 fully saturated rings. The van der Waals surface area contributed by atoms with Crippen LogP contribution in [0.3, 0.4) is 0 Å². The van der Waals surface area contributed by atoms with E-state index < -0.39 is 0 Å². The van der Waals surface area contributed by atoms with Crippen LogP contribution < -0.4 is 5.32 Å². The van der Waals surface area contributed by atoms with E-state index in [0.717, 1.165) is 27.8 Å². The molecule has 0 bridgehead atoms. The number of hydrogen-bond donors (Lipinski definition) is 1. The van der Waals surface area contributed by atoms with Crippen molar-refractivity contribution in [3.8, 4) is 11.3 Å². The third-order valence-corrected chi connectivity index (χ3v) is 3.81. The highest BCUT2D eigenvalue weighted by Crippen LogP contribution is 2.31. The standard InChI is InChI=1S/C21H22N2O2/c1-21(2,3)23-19-13-18(14-8-6-5-7-9-14)22-17-11-10-15(12-16(17)19)20(24)25-4/h5-13H,1-4H3,(H,22,23). The average Bonchev–Trinajstić information content (AvgIpc) is 2.60. The summed E-state index contributed by atoms with van der Waals surface area (Å²) in [5.74, 6) is -0.351. The first kappa shape index (κ1) is 17.0. The highest BCUT2D eigenvalue weighted by Gasteiger charge is 2.16. The molecule has 3 aromatic rings. The quantitative estimate of drug-likeness (QED) is 0.692. The third-order valence-electron chi connectivity index (χ3n) is 3.81. The van der Waals surface area contributed by atoms with Gasteiger partial charge in [0.2, 0.25) is 0 Å². The van der Waals surface area contributed by atoms with E-state index in [1.807, 2.05) is 48.5 Å². The number of carbonyl (C=O) groups is 1. The first-order chi connectivity index (χ1) is 11.9. The van der Waals surface area contributed by atoms with Gasteiger partial charge in [-0.2, -0.15) is 0 Å². The van der Waals surface area contributed by atoms with Crippen molar-refractivity contribution in [2.45, 2.75) is 26.3 Å². The lowest BCUT2D eigenvalue weighted by atomic mass is 10.0. The van der Waals surface area contributed by atoms with Crippen molar-refractivity contribution in [2.24, 2.45) is 0 Å². The summed E-state index contributed by atoms with van der Waals surface area (Å²) in [5, 5.41) is 4.43. The highest BCUT2D eigenvalue weighted by atomic mass is 16.5. The Morgan fingerprint density at radius 1 is 1.04 bits per heavy atom. The van der Waals surface area contributed by atoms with Crippen LogP contribution in [0.5, 0.6) is 0 Å². The lowest BCUT2D eigenvalue weighted by molar-refractivity contribution is 0.0601. The fraction of sp³-hybridized carbons (Fsp3) is 0.238. The maximum Gasteiger partial charge on any atom is 0.337 e. The molecular formula is C21H22N2O2. The Morgan fingerprint density at radius 2 is 1.76 bits per heavy atom. The molecule has 0 saturated carbocycles. The number of methoxy groups -OCH3 is 1. The van der Waals surface area contributed by atoms with E-state index in [1.54, 1.807) is 6.07 Å². The van der Waals surface area contributed by atoms with Crippen molar-refractivity contribution in [2.75, 3.05) is 12.4 Å². The second-order valence-corrected chi connectivity index (χ2v) is 7.02. The molecule has 25 heavy (non-hydrogen) atoms. The number of carbonyl (C=O) groups excluding carboxylic acids is 1. The number of nitrogens with one attached hydrogen (secondary N) is 1. The molecule has 0 amide bonds. The zero-order valence-corrected chi connectivity index (χ0v) is 15.0. The van der Waals surface area contributed by atoms with Crippen LogP contribution in [0.25, 0.3) is 22.2 Å². The number of hydrogen-bond acceptors (Lipinski definition) is 4. The zero-order chi connectivity index (χ0) is 18.0. The summed E-state index contributed by atoms with van der Waals surface area (Å²) >= 11 is 0. The van der Waals surface area contributed by atoms with Gasteiger partial charge in [-0.1, -0.05) is 30.3 Å². The topological polar surface area (TPSA) is 51.2 Å². The first-order valence-electron chi connectivity index (χ1n) is 8.24. The van der Waals surface area contributed by atoms with Crippen molar-refractivity contribution in [1.82, 2.24) is 4.98 Å². The van der Waals surface area contributed by atoms with Gasteiger partial charge in [0.25, 0.3) is 0 Å². The normalized spacial score (nSPS) is 11.4. The van der Waals surface area contributed by atoms with Crippen LogP contribution >= 0.6 is 0 Å². The number of ether oxygens (including phenoxy) is 1. The van der Waals surface area contributed by atoms with Crippen molar-refractivity contribution >= 4 is 22.6 Å². The van der Waals surface area contributed by atoms with E-state index >= 15 is 0 Å². The molecule has 1 heterocycles. The van der Waals surface area contributed by atoms with Gasteiger partial charge in [-0.25, -0.2) is 9.78 Å². The monoisotopic (exact) mass is 334 g/mol. The fourth-order valence-corrected chi connectivity index (χ4v) is 2.73. The maximum atomic E-state index is 11.9. The lowest BCUT2D eigenvalue weighted by Gasteiger charge is -2.24. The van der Waals surface area contributed by atoms with E-state index in [2.05, 4.69) is 26.1 Å². The molecule has 3 rings (SSSR count). The number of nitrogens with zero attached hydrogens (tertiary/aromatic N) is 1. The average molecular weight is 334 g/mol. The minimum atomic E-state index is -0.351. The smallest absolute Gasteiger partial charge is 0.337 e. The molecule has 0 aliphatic carbocycles. The molecule has 1 N–H and O–H groups in total. The van der Waals surface area contributed by atoms with Gasteiger partial charge in [0.1, 0.15) is 0 Å². The van der Waals surface area contributed by atoms with Crippen LogP contribution in [0.4, 0.5) is 5.69 Å². The summed E-state index contributed by atoms with van der Waals surface area (Å²) in [6.45, 7) is 6.31. The Morgan fingerprint density at radius 3 is 2.40 bits per heavy atom. The first-order valence-corrected chi connectivity index (χ1v) is 8.24. The van der Waals surface area contributed by atoms with Crippen LogP contribution in [0.2, 0.25) is 0 Å². The fourth-order valence-electron chi connectivity index (χ4n) is 2.73. The van der Waals surface area contributed by atoms with Gasteiger partial charge in [0, 0.05) is 22.2 Å². The molecule has 0 radical (unpaired) electrons. The van der Waals surface area contributed by atoms with Crippen molar-refractivity contribution in [1.29, 1.82) is 0 Å². The summed E-state index contributed by atoms with van der Waals surface area (Å²) in [6, 6.07) is 17.5. The molecule has 0 atom stereocenters. The van der Waals surface area contributed by atoms with Crippen molar-refractivity contribution in [3.05, 3.63) is 60.2 Å². The molecule has 0 saturated heterocycles. The van der Waals surface area contributed by atoms with Crippen LogP contribution in [0.15, 0.2) is 54.6 Å². The van der Waals surface area contributed by atoms with E-state index in [0.29, 0.717) is 5.56 Å². The molecule has 4 nitrogen and oxygen atoms in total. The molecule has 4 heteroatoms. The Balaban J connectivity index is 2.21. The number of anilines is 1. The van der Waals surface area contributed by atoms with Gasteiger partial charge in [0.15, 0.2) is 0 Å². The summed E-state index contributed by atoms with van der Waals surface area (Å²) in [4.78, 5) is 16.6. The summed E-state index contributed by atoms with van der Waals surface area (Å²) in [6.07, 6.45) is 0. The molecule has 0 unspecified atom stereocenters. The molecule has 0 aliphatic rings.